The van der Waals surface area contributed by atoms with Crippen LogP contribution in [-0.2, 0) is 4.79 Å². The molecule has 0 spiro atoms. The second kappa shape index (κ2) is 8.88. The van der Waals surface area contributed by atoms with Crippen LogP contribution in [0.5, 0.6) is 0 Å². The van der Waals surface area contributed by atoms with E-state index in [9.17, 15) is 9.59 Å². The average molecular weight is 451 g/mol. The SMILES string of the molecule is Cc1ccccc1NC1=C(C(=O)c2cccs2)[C@H](c2ccccc2)N(c2ccccc2)C1=O. The van der Waals surface area contributed by atoms with Gasteiger partial charge in [0.1, 0.15) is 5.70 Å². The number of carbonyl (C=O) groups is 2. The molecule has 0 saturated carbocycles. The monoisotopic (exact) mass is 450 g/mol. The van der Waals surface area contributed by atoms with E-state index in [1.807, 2.05) is 109 Å². The summed E-state index contributed by atoms with van der Waals surface area (Å²) in [6.45, 7) is 1.98. The molecule has 2 heterocycles. The molecule has 0 aliphatic carbocycles. The first-order valence-electron chi connectivity index (χ1n) is 10.7. The van der Waals surface area contributed by atoms with Gasteiger partial charge in [-0.3, -0.25) is 14.5 Å². The number of amides is 1. The number of para-hydroxylation sites is 2. The van der Waals surface area contributed by atoms with Gasteiger partial charge < -0.3 is 5.32 Å². The first-order valence-corrected chi connectivity index (χ1v) is 11.6. The van der Waals surface area contributed by atoms with Crippen molar-refractivity contribution in [2.45, 2.75) is 13.0 Å². The number of aryl methyl sites for hydroxylation is 1. The summed E-state index contributed by atoms with van der Waals surface area (Å²) in [6, 6.07) is 30.1. The van der Waals surface area contributed by atoms with Crippen LogP contribution in [0.3, 0.4) is 0 Å². The third kappa shape index (κ3) is 3.88. The van der Waals surface area contributed by atoms with Crippen molar-refractivity contribution in [2.24, 2.45) is 0 Å². The molecule has 1 aliphatic rings. The number of nitrogens with one attached hydrogen (secondary N) is 1. The number of rotatable bonds is 6. The van der Waals surface area contributed by atoms with Gasteiger partial charge in [-0.1, -0.05) is 72.8 Å². The molecule has 0 unspecified atom stereocenters. The van der Waals surface area contributed by atoms with Crippen molar-refractivity contribution in [1.29, 1.82) is 0 Å². The van der Waals surface area contributed by atoms with E-state index in [4.69, 9.17) is 0 Å². The van der Waals surface area contributed by atoms with E-state index in [0.717, 1.165) is 22.5 Å². The summed E-state index contributed by atoms with van der Waals surface area (Å²) in [5, 5.41) is 5.20. The largest absolute Gasteiger partial charge is 0.350 e. The maximum atomic E-state index is 13.9. The van der Waals surface area contributed by atoms with Crippen molar-refractivity contribution >= 4 is 34.4 Å². The van der Waals surface area contributed by atoms with E-state index in [1.54, 1.807) is 4.90 Å². The number of carbonyl (C=O) groups excluding carboxylic acids is 2. The number of nitrogens with zero attached hydrogens (tertiary/aromatic N) is 1. The topological polar surface area (TPSA) is 49.4 Å². The van der Waals surface area contributed by atoms with Gasteiger partial charge in [-0.25, -0.2) is 0 Å². The fourth-order valence-corrected chi connectivity index (χ4v) is 4.85. The molecule has 1 aromatic heterocycles. The Balaban J connectivity index is 1.73. The van der Waals surface area contributed by atoms with E-state index in [-0.39, 0.29) is 11.7 Å². The van der Waals surface area contributed by atoms with Crippen molar-refractivity contribution < 1.29 is 9.59 Å². The highest BCUT2D eigenvalue weighted by atomic mass is 32.1. The van der Waals surface area contributed by atoms with Gasteiger partial charge in [-0.15, -0.1) is 11.3 Å². The number of Topliss-reactive ketones (excluding diaryl/α,β-unsaturated/α-hetero) is 1. The van der Waals surface area contributed by atoms with Crippen molar-refractivity contribution in [1.82, 2.24) is 0 Å². The predicted octanol–water partition coefficient (Wildman–Crippen LogP) is 6.39. The first-order chi connectivity index (χ1) is 16.1. The molecule has 0 saturated heterocycles. The van der Waals surface area contributed by atoms with Crippen molar-refractivity contribution in [3.63, 3.8) is 0 Å². The van der Waals surface area contributed by atoms with Gasteiger partial charge in [0.15, 0.2) is 0 Å². The number of anilines is 2. The molecular weight excluding hydrogens is 428 g/mol. The summed E-state index contributed by atoms with van der Waals surface area (Å²) in [6.07, 6.45) is 0. The maximum Gasteiger partial charge on any atom is 0.276 e. The van der Waals surface area contributed by atoms with Gasteiger partial charge >= 0.3 is 0 Å². The summed E-state index contributed by atoms with van der Waals surface area (Å²) >= 11 is 1.38. The zero-order valence-corrected chi connectivity index (χ0v) is 18.9. The molecule has 5 heteroatoms. The molecule has 3 aromatic carbocycles. The minimum absolute atomic E-state index is 0.137. The van der Waals surface area contributed by atoms with Crippen molar-refractivity contribution in [3.05, 3.63) is 130 Å². The lowest BCUT2D eigenvalue weighted by molar-refractivity contribution is -0.114. The van der Waals surface area contributed by atoms with Crippen LogP contribution < -0.4 is 10.2 Å². The molecule has 4 aromatic rings. The van der Waals surface area contributed by atoms with E-state index in [2.05, 4.69) is 5.32 Å². The van der Waals surface area contributed by atoms with Crippen LogP contribution in [0.15, 0.2) is 114 Å². The van der Waals surface area contributed by atoms with Crippen LogP contribution in [0.2, 0.25) is 0 Å². The molecule has 5 rings (SSSR count). The Labute approximate surface area is 196 Å². The van der Waals surface area contributed by atoms with Crippen LogP contribution in [0, 0.1) is 6.92 Å². The highest BCUT2D eigenvalue weighted by molar-refractivity contribution is 7.12. The number of thiophene rings is 1. The molecule has 0 fully saturated rings. The fourth-order valence-electron chi connectivity index (χ4n) is 4.17. The summed E-state index contributed by atoms with van der Waals surface area (Å²) in [4.78, 5) is 30.1. The van der Waals surface area contributed by atoms with Crippen LogP contribution >= 0.6 is 11.3 Å². The molecule has 33 heavy (non-hydrogen) atoms. The van der Waals surface area contributed by atoms with E-state index in [0.29, 0.717) is 16.1 Å². The second-order valence-corrected chi connectivity index (χ2v) is 8.81. The molecule has 1 atom stereocenters. The molecule has 162 valence electrons. The maximum absolute atomic E-state index is 13.9. The van der Waals surface area contributed by atoms with Crippen LogP contribution in [-0.4, -0.2) is 11.7 Å². The molecule has 0 radical (unpaired) electrons. The van der Waals surface area contributed by atoms with Gasteiger partial charge in [-0.2, -0.15) is 0 Å². The molecular formula is C28H22N2O2S. The Hall–Kier alpha value is -3.96. The van der Waals surface area contributed by atoms with Gasteiger partial charge in [0.2, 0.25) is 5.78 Å². The van der Waals surface area contributed by atoms with Gasteiger partial charge in [0.25, 0.3) is 5.91 Å². The minimum atomic E-state index is -0.540. The van der Waals surface area contributed by atoms with Crippen LogP contribution in [0.1, 0.15) is 26.8 Å². The summed E-state index contributed by atoms with van der Waals surface area (Å²) in [5.74, 6) is -0.361. The van der Waals surface area contributed by atoms with E-state index >= 15 is 0 Å². The van der Waals surface area contributed by atoms with E-state index in [1.165, 1.54) is 11.3 Å². The number of hydrogen-bond donors (Lipinski definition) is 1. The normalized spacial score (nSPS) is 15.7. The quantitative estimate of drug-likeness (QED) is 0.346. The zero-order chi connectivity index (χ0) is 22.8. The molecule has 4 nitrogen and oxygen atoms in total. The highest BCUT2D eigenvalue weighted by Crippen LogP contribution is 2.43. The van der Waals surface area contributed by atoms with Gasteiger partial charge in [-0.05, 0) is 47.7 Å². The first kappa shape index (κ1) is 20.9. The van der Waals surface area contributed by atoms with Gasteiger partial charge in [0.05, 0.1) is 16.5 Å². The Bertz CT molecular complexity index is 1330. The summed E-state index contributed by atoms with van der Waals surface area (Å²) in [7, 11) is 0. The third-order valence-electron chi connectivity index (χ3n) is 5.78. The Kier molecular flexibility index (Phi) is 5.63. The molecule has 0 bridgehead atoms. The molecule has 1 N–H and O–H groups in total. The fraction of sp³-hybridized carbons (Fsp3) is 0.0714. The standard InChI is InChI=1S/C28H22N2O2S/c1-19-11-8-9-16-22(19)29-25-24(27(31)23-17-10-18-33-23)26(20-12-4-2-5-13-20)30(28(25)32)21-14-6-3-7-15-21/h2-18,26,29H,1H3/t26-/m0/s1. The Morgan fingerprint density at radius 2 is 1.52 bits per heavy atom. The lowest BCUT2D eigenvalue weighted by Crippen LogP contribution is -2.31. The lowest BCUT2D eigenvalue weighted by Gasteiger charge is -2.27. The second-order valence-electron chi connectivity index (χ2n) is 7.86. The minimum Gasteiger partial charge on any atom is -0.350 e. The number of ketones is 1. The Morgan fingerprint density at radius 3 is 2.18 bits per heavy atom. The molecule has 1 amide bonds. The average Bonchev–Trinajstić information content (AvgIpc) is 3.49. The van der Waals surface area contributed by atoms with Crippen molar-refractivity contribution in [2.75, 3.05) is 10.2 Å². The van der Waals surface area contributed by atoms with Gasteiger partial charge in [0, 0.05) is 11.4 Å². The summed E-state index contributed by atoms with van der Waals surface area (Å²) in [5.41, 5.74) is 4.21. The number of hydrogen-bond acceptors (Lipinski definition) is 4. The van der Waals surface area contributed by atoms with Crippen LogP contribution in [0.25, 0.3) is 0 Å². The smallest absolute Gasteiger partial charge is 0.276 e. The predicted molar refractivity (Wildman–Crippen MR) is 134 cm³/mol. The van der Waals surface area contributed by atoms with E-state index < -0.39 is 6.04 Å². The third-order valence-corrected chi connectivity index (χ3v) is 6.65. The molecule has 1 aliphatic heterocycles. The zero-order valence-electron chi connectivity index (χ0n) is 18.1. The Morgan fingerprint density at radius 1 is 0.848 bits per heavy atom. The summed E-state index contributed by atoms with van der Waals surface area (Å²) < 4.78 is 0. The number of benzene rings is 3. The van der Waals surface area contributed by atoms with Crippen molar-refractivity contribution in [3.8, 4) is 0 Å². The highest BCUT2D eigenvalue weighted by Gasteiger charge is 2.44. The van der Waals surface area contributed by atoms with Crippen LogP contribution in [0.4, 0.5) is 11.4 Å². The lowest BCUT2D eigenvalue weighted by atomic mass is 9.94.